The van der Waals surface area contributed by atoms with Gasteiger partial charge in [-0.2, -0.15) is 0 Å². The number of hydrogen-bond donors (Lipinski definition) is 0. The number of pyridine rings is 1. The smallest absolute Gasteiger partial charge is 0.165 e. The van der Waals surface area contributed by atoms with E-state index in [-0.39, 0.29) is 0 Å². The van der Waals surface area contributed by atoms with Crippen molar-refractivity contribution in [1.29, 1.82) is 0 Å². The molecule has 0 N–H and O–H groups in total. The summed E-state index contributed by atoms with van der Waals surface area (Å²) < 4.78 is 1.97. The first-order valence-electron chi connectivity index (χ1n) is 5.40. The van der Waals surface area contributed by atoms with Gasteiger partial charge in [-0.15, -0.1) is 0 Å². The van der Waals surface area contributed by atoms with Crippen molar-refractivity contribution in [3.05, 3.63) is 61.1 Å². The number of rotatable bonds is 2. The van der Waals surface area contributed by atoms with Crippen LogP contribution >= 0.6 is 0 Å². The summed E-state index contributed by atoms with van der Waals surface area (Å²) in [4.78, 5) is 8.85. The van der Waals surface area contributed by atoms with Gasteiger partial charge in [0.15, 0.2) is 5.65 Å². The molecule has 3 heteroatoms. The zero-order valence-corrected chi connectivity index (χ0v) is 9.24. The Morgan fingerprint density at radius 1 is 1.06 bits per heavy atom. The van der Waals surface area contributed by atoms with Crippen LogP contribution in [0.1, 0.15) is 5.69 Å². The van der Waals surface area contributed by atoms with E-state index in [4.69, 9.17) is 0 Å². The number of fused-ring (bicyclic) bond motifs is 1. The average molecular weight is 221 g/mol. The van der Waals surface area contributed by atoms with Crippen LogP contribution in [0.25, 0.3) is 22.9 Å². The number of aromatic nitrogens is 3. The number of para-hydroxylation sites is 1. The topological polar surface area (TPSA) is 30.7 Å². The van der Waals surface area contributed by atoms with Crippen LogP contribution in [-0.4, -0.2) is 14.5 Å². The highest BCUT2D eigenvalue weighted by atomic mass is 15.1. The second-order valence-electron chi connectivity index (χ2n) is 3.73. The summed E-state index contributed by atoms with van der Waals surface area (Å²) in [6.07, 6.45) is 3.53. The van der Waals surface area contributed by atoms with Gasteiger partial charge in [0.2, 0.25) is 0 Å². The third kappa shape index (κ3) is 1.61. The van der Waals surface area contributed by atoms with Crippen LogP contribution in [-0.2, 0) is 0 Å². The molecule has 0 aliphatic carbocycles. The first-order valence-corrected chi connectivity index (χ1v) is 5.40. The molecule has 0 aliphatic heterocycles. The maximum absolute atomic E-state index is 4.51. The van der Waals surface area contributed by atoms with Crippen LogP contribution < -0.4 is 0 Å². The molecule has 2 heterocycles. The molecular weight excluding hydrogens is 210 g/mol. The fraction of sp³-hybridized carbons (Fsp3) is 0. The fourth-order valence-corrected chi connectivity index (χ4v) is 1.80. The Balaban J connectivity index is 2.27. The third-order valence-corrected chi connectivity index (χ3v) is 2.66. The molecule has 17 heavy (non-hydrogen) atoms. The van der Waals surface area contributed by atoms with Crippen molar-refractivity contribution in [2.45, 2.75) is 0 Å². The maximum atomic E-state index is 4.51. The Bertz CT molecular complexity index is 668. The van der Waals surface area contributed by atoms with Gasteiger partial charge in [0.25, 0.3) is 0 Å². The second-order valence-corrected chi connectivity index (χ2v) is 3.73. The summed E-state index contributed by atoms with van der Waals surface area (Å²) in [6.45, 7) is 3.73. The normalized spacial score (nSPS) is 10.6. The minimum atomic E-state index is 0.855. The summed E-state index contributed by atoms with van der Waals surface area (Å²) in [7, 11) is 0. The first kappa shape index (κ1) is 9.78. The summed E-state index contributed by atoms with van der Waals surface area (Å²) in [6, 6.07) is 13.9. The molecule has 0 aliphatic rings. The maximum Gasteiger partial charge on any atom is 0.165 e. The third-order valence-electron chi connectivity index (χ3n) is 2.66. The lowest BCUT2D eigenvalue weighted by Crippen LogP contribution is -1.94. The minimum Gasteiger partial charge on any atom is -0.283 e. The van der Waals surface area contributed by atoms with Crippen LogP contribution in [0.5, 0.6) is 0 Å². The summed E-state index contributed by atoms with van der Waals surface area (Å²) in [5.74, 6) is 0. The van der Waals surface area contributed by atoms with Gasteiger partial charge in [0.05, 0.1) is 5.69 Å². The van der Waals surface area contributed by atoms with Crippen LogP contribution in [0.3, 0.4) is 0 Å². The molecular formula is C14H11N3. The molecule has 0 saturated heterocycles. The van der Waals surface area contributed by atoms with Crippen molar-refractivity contribution in [2.24, 2.45) is 0 Å². The van der Waals surface area contributed by atoms with Crippen molar-refractivity contribution < 1.29 is 0 Å². The van der Waals surface area contributed by atoms with Crippen molar-refractivity contribution >= 4 is 17.2 Å². The fourth-order valence-electron chi connectivity index (χ4n) is 1.80. The van der Waals surface area contributed by atoms with Crippen LogP contribution in [0.2, 0.25) is 0 Å². The quantitative estimate of drug-likeness (QED) is 0.665. The molecule has 0 fully saturated rings. The van der Waals surface area contributed by atoms with E-state index in [0.29, 0.717) is 0 Å². The van der Waals surface area contributed by atoms with Crippen molar-refractivity contribution in [3.8, 4) is 5.69 Å². The Morgan fingerprint density at radius 3 is 2.65 bits per heavy atom. The van der Waals surface area contributed by atoms with Gasteiger partial charge in [0.1, 0.15) is 11.8 Å². The molecule has 0 unspecified atom stereocenters. The van der Waals surface area contributed by atoms with Gasteiger partial charge >= 0.3 is 0 Å². The SMILES string of the molecule is C=Cc1ccc2ncn(-c3ccccc3)c2n1. The van der Waals surface area contributed by atoms with E-state index in [0.717, 1.165) is 22.5 Å². The molecule has 0 bridgehead atoms. The largest absolute Gasteiger partial charge is 0.283 e. The summed E-state index contributed by atoms with van der Waals surface area (Å²) in [5.41, 5.74) is 3.66. The van der Waals surface area contributed by atoms with Crippen LogP contribution in [0.4, 0.5) is 0 Å². The predicted octanol–water partition coefficient (Wildman–Crippen LogP) is 3.06. The molecule has 2 aromatic heterocycles. The van der Waals surface area contributed by atoms with Crippen molar-refractivity contribution in [3.63, 3.8) is 0 Å². The van der Waals surface area contributed by atoms with Crippen LogP contribution in [0, 0.1) is 0 Å². The standard InChI is InChI=1S/C14H11N3/c1-2-11-8-9-13-14(16-11)17(10-15-13)12-6-4-3-5-7-12/h2-10H,1H2. The molecule has 3 nitrogen and oxygen atoms in total. The van der Waals surface area contributed by atoms with Gasteiger partial charge in [-0.3, -0.25) is 4.57 Å². The van der Waals surface area contributed by atoms with Gasteiger partial charge in [-0.05, 0) is 30.3 Å². The van der Waals surface area contributed by atoms with E-state index in [2.05, 4.69) is 16.5 Å². The predicted molar refractivity (Wildman–Crippen MR) is 69.0 cm³/mol. The number of benzene rings is 1. The Kier molecular flexibility index (Phi) is 2.22. The average Bonchev–Trinajstić information content (AvgIpc) is 2.82. The molecule has 1 aromatic carbocycles. The number of nitrogens with zero attached hydrogens (tertiary/aromatic N) is 3. The van der Waals surface area contributed by atoms with E-state index in [1.807, 2.05) is 47.0 Å². The summed E-state index contributed by atoms with van der Waals surface area (Å²) >= 11 is 0. The van der Waals surface area contributed by atoms with E-state index in [1.54, 1.807) is 12.4 Å². The molecule has 3 aromatic rings. The van der Waals surface area contributed by atoms with E-state index >= 15 is 0 Å². The molecule has 0 atom stereocenters. The second kappa shape index (κ2) is 3.87. The molecule has 0 saturated carbocycles. The van der Waals surface area contributed by atoms with Crippen molar-refractivity contribution in [2.75, 3.05) is 0 Å². The highest BCUT2D eigenvalue weighted by molar-refractivity contribution is 5.74. The van der Waals surface area contributed by atoms with E-state index in [1.165, 1.54) is 0 Å². The lowest BCUT2D eigenvalue weighted by molar-refractivity contribution is 1.07. The first-order chi connectivity index (χ1) is 8.38. The monoisotopic (exact) mass is 221 g/mol. The van der Waals surface area contributed by atoms with Crippen molar-refractivity contribution in [1.82, 2.24) is 14.5 Å². The highest BCUT2D eigenvalue weighted by Crippen LogP contribution is 2.16. The number of imidazole rings is 1. The molecule has 0 spiro atoms. The molecule has 0 amide bonds. The van der Waals surface area contributed by atoms with Gasteiger partial charge in [0, 0.05) is 5.69 Å². The van der Waals surface area contributed by atoms with E-state index < -0.39 is 0 Å². The van der Waals surface area contributed by atoms with Gasteiger partial charge < -0.3 is 0 Å². The highest BCUT2D eigenvalue weighted by Gasteiger charge is 2.05. The Hall–Kier alpha value is -2.42. The Labute approximate surface area is 99.1 Å². The molecule has 82 valence electrons. The minimum absolute atomic E-state index is 0.855. The zero-order valence-electron chi connectivity index (χ0n) is 9.24. The lowest BCUT2D eigenvalue weighted by atomic mass is 10.3. The number of hydrogen-bond acceptors (Lipinski definition) is 2. The lowest BCUT2D eigenvalue weighted by Gasteiger charge is -2.03. The van der Waals surface area contributed by atoms with Crippen LogP contribution in [0.15, 0.2) is 55.4 Å². The zero-order chi connectivity index (χ0) is 11.7. The molecule has 3 rings (SSSR count). The van der Waals surface area contributed by atoms with Gasteiger partial charge in [-0.1, -0.05) is 24.8 Å². The van der Waals surface area contributed by atoms with Gasteiger partial charge in [-0.25, -0.2) is 9.97 Å². The molecule has 0 radical (unpaired) electrons. The van der Waals surface area contributed by atoms with E-state index in [9.17, 15) is 0 Å². The Morgan fingerprint density at radius 2 is 1.88 bits per heavy atom. The summed E-state index contributed by atoms with van der Waals surface area (Å²) in [5, 5.41) is 0.